The largest absolute Gasteiger partial charge is 0.394 e. The number of aliphatic hydroxyl groups excluding tert-OH is 2. The van der Waals surface area contributed by atoms with Crippen LogP contribution in [-0.4, -0.2) is 46.3 Å². The topological polar surface area (TPSA) is 94.3 Å². The van der Waals surface area contributed by atoms with Crippen molar-refractivity contribution in [3.8, 4) is 0 Å². The lowest BCUT2D eigenvalue weighted by molar-refractivity contribution is -0.117. The molecule has 3 aliphatic rings. The molecule has 98 valence electrons. The molecular weight excluding hydrogens is 234 g/mol. The SMILES string of the molecule is CC(CO)(CO)NC(=O)C1=NN=C2C1CC1CC21. The van der Waals surface area contributed by atoms with Crippen LogP contribution in [-0.2, 0) is 4.79 Å². The Morgan fingerprint density at radius 1 is 1.39 bits per heavy atom. The molecule has 0 aromatic carbocycles. The molecule has 1 amide bonds. The van der Waals surface area contributed by atoms with Crippen LogP contribution in [0.5, 0.6) is 0 Å². The van der Waals surface area contributed by atoms with Crippen molar-refractivity contribution < 1.29 is 15.0 Å². The molecule has 3 N–H and O–H groups in total. The van der Waals surface area contributed by atoms with E-state index in [1.165, 1.54) is 6.42 Å². The summed E-state index contributed by atoms with van der Waals surface area (Å²) < 4.78 is 0. The standard InChI is InChI=1S/C12H17N3O3/c1-12(4-16,5-17)13-11(18)10-8-3-6-2-7(6)9(8)14-15-10/h6-8,16-17H,2-5H2,1H3,(H,13,18). The molecule has 3 unspecified atom stereocenters. The van der Waals surface area contributed by atoms with E-state index in [0.717, 1.165) is 12.1 Å². The zero-order chi connectivity index (χ0) is 12.9. The Labute approximate surface area is 105 Å². The van der Waals surface area contributed by atoms with Crippen molar-refractivity contribution in [3.63, 3.8) is 0 Å². The van der Waals surface area contributed by atoms with E-state index in [9.17, 15) is 15.0 Å². The number of nitrogens with zero attached hydrogens (tertiary/aromatic N) is 2. The highest BCUT2D eigenvalue weighted by Crippen LogP contribution is 2.54. The van der Waals surface area contributed by atoms with Crippen molar-refractivity contribution in [2.75, 3.05) is 13.2 Å². The second-order valence-electron chi connectivity index (χ2n) is 5.73. The molecule has 0 bridgehead atoms. The molecule has 2 saturated carbocycles. The van der Waals surface area contributed by atoms with E-state index in [4.69, 9.17) is 0 Å². The van der Waals surface area contributed by atoms with Gasteiger partial charge in [0, 0.05) is 11.8 Å². The Morgan fingerprint density at radius 3 is 2.78 bits per heavy atom. The number of fused-ring (bicyclic) bond motifs is 3. The minimum Gasteiger partial charge on any atom is -0.394 e. The van der Waals surface area contributed by atoms with Gasteiger partial charge in [0.1, 0.15) is 5.71 Å². The summed E-state index contributed by atoms with van der Waals surface area (Å²) in [5.74, 6) is 0.973. The Kier molecular flexibility index (Phi) is 2.53. The van der Waals surface area contributed by atoms with Gasteiger partial charge < -0.3 is 15.5 Å². The molecule has 1 aliphatic heterocycles. The number of aliphatic hydroxyl groups is 2. The van der Waals surface area contributed by atoms with Gasteiger partial charge in [-0.05, 0) is 25.7 Å². The fourth-order valence-electron chi connectivity index (χ4n) is 2.80. The Morgan fingerprint density at radius 2 is 2.11 bits per heavy atom. The van der Waals surface area contributed by atoms with Crippen LogP contribution >= 0.6 is 0 Å². The van der Waals surface area contributed by atoms with Crippen molar-refractivity contribution in [1.82, 2.24) is 5.32 Å². The summed E-state index contributed by atoms with van der Waals surface area (Å²) in [7, 11) is 0. The van der Waals surface area contributed by atoms with Gasteiger partial charge in [0.2, 0.25) is 0 Å². The van der Waals surface area contributed by atoms with Crippen LogP contribution in [0.1, 0.15) is 19.8 Å². The fraction of sp³-hybridized carbons (Fsp3) is 0.750. The molecule has 2 fully saturated rings. The van der Waals surface area contributed by atoms with Gasteiger partial charge in [-0.3, -0.25) is 4.79 Å². The van der Waals surface area contributed by atoms with E-state index in [1.807, 2.05) is 0 Å². The van der Waals surface area contributed by atoms with Gasteiger partial charge in [-0.2, -0.15) is 5.10 Å². The lowest BCUT2D eigenvalue weighted by Gasteiger charge is -2.26. The van der Waals surface area contributed by atoms with Crippen LogP contribution in [0.25, 0.3) is 0 Å². The van der Waals surface area contributed by atoms with E-state index in [2.05, 4.69) is 15.5 Å². The molecule has 18 heavy (non-hydrogen) atoms. The maximum absolute atomic E-state index is 12.1. The first-order chi connectivity index (χ1) is 8.58. The van der Waals surface area contributed by atoms with Crippen molar-refractivity contribution in [1.29, 1.82) is 0 Å². The highest BCUT2D eigenvalue weighted by Gasteiger charge is 2.55. The van der Waals surface area contributed by atoms with Crippen LogP contribution in [0.15, 0.2) is 10.2 Å². The third kappa shape index (κ3) is 1.67. The minimum atomic E-state index is -1.01. The summed E-state index contributed by atoms with van der Waals surface area (Å²) >= 11 is 0. The summed E-state index contributed by atoms with van der Waals surface area (Å²) in [6, 6.07) is 0. The number of hydrogen-bond acceptors (Lipinski definition) is 5. The summed E-state index contributed by atoms with van der Waals surface area (Å²) in [6.45, 7) is 0.965. The van der Waals surface area contributed by atoms with Crippen molar-refractivity contribution in [2.45, 2.75) is 25.3 Å². The van der Waals surface area contributed by atoms with Gasteiger partial charge in [0.05, 0.1) is 24.5 Å². The highest BCUT2D eigenvalue weighted by atomic mass is 16.3. The van der Waals surface area contributed by atoms with Gasteiger partial charge >= 0.3 is 0 Å². The zero-order valence-electron chi connectivity index (χ0n) is 10.3. The Hall–Kier alpha value is -1.27. The first-order valence-electron chi connectivity index (χ1n) is 6.27. The van der Waals surface area contributed by atoms with Crippen LogP contribution in [0.2, 0.25) is 0 Å². The van der Waals surface area contributed by atoms with Crippen LogP contribution in [0.3, 0.4) is 0 Å². The summed E-state index contributed by atoms with van der Waals surface area (Å²) in [5.41, 5.74) is 0.481. The normalized spacial score (nSPS) is 32.5. The summed E-state index contributed by atoms with van der Waals surface area (Å²) in [6.07, 6.45) is 2.15. The fourth-order valence-corrected chi connectivity index (χ4v) is 2.80. The first-order valence-corrected chi connectivity index (χ1v) is 6.27. The molecule has 0 aromatic heterocycles. The molecule has 0 spiro atoms. The molecule has 0 aromatic rings. The van der Waals surface area contributed by atoms with E-state index < -0.39 is 5.54 Å². The Bertz CT molecular complexity index is 453. The highest BCUT2D eigenvalue weighted by molar-refractivity contribution is 6.45. The molecular formula is C12H17N3O3. The predicted molar refractivity (Wildman–Crippen MR) is 65.3 cm³/mol. The number of amides is 1. The molecule has 1 heterocycles. The molecule has 6 heteroatoms. The minimum absolute atomic E-state index is 0.0652. The van der Waals surface area contributed by atoms with Crippen molar-refractivity contribution >= 4 is 17.3 Å². The average Bonchev–Trinajstić information content (AvgIpc) is 2.85. The molecule has 3 rings (SSSR count). The quantitative estimate of drug-likeness (QED) is 0.617. The maximum Gasteiger partial charge on any atom is 0.268 e. The van der Waals surface area contributed by atoms with Gasteiger partial charge in [0.25, 0.3) is 5.91 Å². The third-order valence-electron chi connectivity index (χ3n) is 4.15. The first kappa shape index (κ1) is 11.8. The maximum atomic E-state index is 12.1. The lowest BCUT2D eigenvalue weighted by atomic mass is 9.95. The molecule has 0 radical (unpaired) electrons. The number of rotatable bonds is 4. The Balaban J connectivity index is 1.68. The summed E-state index contributed by atoms with van der Waals surface area (Å²) in [4.78, 5) is 12.1. The van der Waals surface area contributed by atoms with Gasteiger partial charge in [-0.25, -0.2) is 0 Å². The summed E-state index contributed by atoms with van der Waals surface area (Å²) in [5, 5.41) is 29.1. The number of nitrogens with one attached hydrogen (secondary N) is 1. The third-order valence-corrected chi connectivity index (χ3v) is 4.15. The second kappa shape index (κ2) is 3.86. The van der Waals surface area contributed by atoms with E-state index >= 15 is 0 Å². The molecule has 6 nitrogen and oxygen atoms in total. The molecule has 2 aliphatic carbocycles. The number of carbonyl (C=O) groups is 1. The van der Waals surface area contributed by atoms with Crippen LogP contribution in [0.4, 0.5) is 0 Å². The number of carbonyl (C=O) groups excluding carboxylic acids is 1. The molecule has 0 saturated heterocycles. The van der Waals surface area contributed by atoms with E-state index in [1.54, 1.807) is 6.92 Å². The van der Waals surface area contributed by atoms with Crippen molar-refractivity contribution in [3.05, 3.63) is 0 Å². The van der Waals surface area contributed by atoms with Crippen LogP contribution < -0.4 is 5.32 Å². The molecule has 3 atom stereocenters. The smallest absolute Gasteiger partial charge is 0.268 e. The van der Waals surface area contributed by atoms with Crippen molar-refractivity contribution in [2.24, 2.45) is 28.0 Å². The zero-order valence-corrected chi connectivity index (χ0v) is 10.3. The monoisotopic (exact) mass is 251 g/mol. The lowest BCUT2D eigenvalue weighted by Crippen LogP contribution is -2.54. The van der Waals surface area contributed by atoms with Gasteiger partial charge in [-0.1, -0.05) is 0 Å². The van der Waals surface area contributed by atoms with E-state index in [0.29, 0.717) is 17.5 Å². The van der Waals surface area contributed by atoms with Gasteiger partial charge in [0.15, 0.2) is 0 Å². The second-order valence-corrected chi connectivity index (χ2v) is 5.73. The van der Waals surface area contributed by atoms with Crippen LogP contribution in [0, 0.1) is 17.8 Å². The van der Waals surface area contributed by atoms with E-state index in [-0.39, 0.29) is 25.0 Å². The number of hydrogen-bond donors (Lipinski definition) is 3. The predicted octanol–water partition coefficient (Wildman–Crippen LogP) is -0.687. The van der Waals surface area contributed by atoms with Gasteiger partial charge in [-0.15, -0.1) is 5.10 Å². The average molecular weight is 251 g/mol.